The second-order valence-corrected chi connectivity index (χ2v) is 5.45. The van der Waals surface area contributed by atoms with Gasteiger partial charge in [0.05, 0.1) is 5.54 Å². The van der Waals surface area contributed by atoms with Crippen LogP contribution in [0.4, 0.5) is 0 Å². The third-order valence-electron chi connectivity index (χ3n) is 4.05. The van der Waals surface area contributed by atoms with Crippen LogP contribution in [0.15, 0.2) is 36.7 Å². The first-order valence-electron chi connectivity index (χ1n) is 6.83. The highest BCUT2D eigenvalue weighted by Crippen LogP contribution is 2.27. The van der Waals surface area contributed by atoms with Gasteiger partial charge in [0.2, 0.25) is 0 Å². The highest BCUT2D eigenvalue weighted by Gasteiger charge is 2.35. The summed E-state index contributed by atoms with van der Waals surface area (Å²) in [4.78, 5) is 17.0. The largest absolute Gasteiger partial charge is 0.305 e. The standard InChI is InChI=1S/C16H18N2O/c1-16(8-2-3-9-18-16)15(19)13-6-4-5-12-7-10-17-11-14(12)13/h4-7,10-11,18H,2-3,8-9H2,1H3. The Bertz CT molecular complexity index is 610. The summed E-state index contributed by atoms with van der Waals surface area (Å²) in [7, 11) is 0. The van der Waals surface area contributed by atoms with Crippen LogP contribution < -0.4 is 5.32 Å². The van der Waals surface area contributed by atoms with Gasteiger partial charge in [-0.05, 0) is 44.2 Å². The third-order valence-corrected chi connectivity index (χ3v) is 4.05. The Kier molecular flexibility index (Phi) is 3.07. The molecule has 0 spiro atoms. The van der Waals surface area contributed by atoms with Gasteiger partial charge in [0, 0.05) is 23.3 Å². The van der Waals surface area contributed by atoms with Gasteiger partial charge in [0.15, 0.2) is 5.78 Å². The van der Waals surface area contributed by atoms with E-state index in [1.165, 1.54) is 0 Å². The molecule has 1 saturated heterocycles. The van der Waals surface area contributed by atoms with Crippen molar-refractivity contribution in [2.45, 2.75) is 31.7 Å². The first kappa shape index (κ1) is 12.3. The smallest absolute Gasteiger partial charge is 0.183 e. The lowest BCUT2D eigenvalue weighted by atomic mass is 9.82. The topological polar surface area (TPSA) is 42.0 Å². The third kappa shape index (κ3) is 2.15. The molecule has 1 aromatic heterocycles. The first-order valence-corrected chi connectivity index (χ1v) is 6.83. The van der Waals surface area contributed by atoms with E-state index in [9.17, 15) is 4.79 Å². The number of pyridine rings is 1. The average molecular weight is 254 g/mol. The zero-order chi connectivity index (χ0) is 13.3. The minimum absolute atomic E-state index is 0.186. The van der Waals surface area contributed by atoms with E-state index in [-0.39, 0.29) is 5.78 Å². The van der Waals surface area contributed by atoms with E-state index in [1.807, 2.05) is 31.2 Å². The Labute approximate surface area is 113 Å². The number of Topliss-reactive ketones (excluding diaryl/α,β-unsaturated/α-hetero) is 1. The van der Waals surface area contributed by atoms with Crippen LogP contribution in [0.25, 0.3) is 10.8 Å². The molecule has 98 valence electrons. The van der Waals surface area contributed by atoms with Gasteiger partial charge in [-0.2, -0.15) is 0 Å². The van der Waals surface area contributed by atoms with Crippen molar-refractivity contribution in [1.29, 1.82) is 0 Å². The quantitative estimate of drug-likeness (QED) is 0.838. The van der Waals surface area contributed by atoms with Gasteiger partial charge >= 0.3 is 0 Å². The number of ketones is 1. The number of fused-ring (bicyclic) bond motifs is 1. The molecule has 1 N–H and O–H groups in total. The minimum atomic E-state index is -0.428. The molecule has 1 atom stereocenters. The lowest BCUT2D eigenvalue weighted by Crippen LogP contribution is -2.52. The fourth-order valence-electron chi connectivity index (χ4n) is 2.86. The number of hydrogen-bond donors (Lipinski definition) is 1. The molecule has 0 aliphatic carbocycles. The SMILES string of the molecule is CC1(C(=O)c2cccc3ccncc23)CCCCN1. The van der Waals surface area contributed by atoms with Crippen molar-refractivity contribution >= 4 is 16.6 Å². The summed E-state index contributed by atoms with van der Waals surface area (Å²) in [6, 6.07) is 7.82. The predicted molar refractivity (Wildman–Crippen MR) is 76.3 cm³/mol. The van der Waals surface area contributed by atoms with Crippen molar-refractivity contribution < 1.29 is 4.79 Å². The summed E-state index contributed by atoms with van der Waals surface area (Å²) in [5.74, 6) is 0.186. The molecule has 0 saturated carbocycles. The monoisotopic (exact) mass is 254 g/mol. The van der Waals surface area contributed by atoms with E-state index in [2.05, 4.69) is 10.3 Å². The molecular weight excluding hydrogens is 236 g/mol. The summed E-state index contributed by atoms with van der Waals surface area (Å²) in [5, 5.41) is 5.41. The molecule has 1 aliphatic rings. The molecule has 2 aromatic rings. The summed E-state index contributed by atoms with van der Waals surface area (Å²) >= 11 is 0. The molecular formula is C16H18N2O. The average Bonchev–Trinajstić information content (AvgIpc) is 2.47. The summed E-state index contributed by atoms with van der Waals surface area (Å²) < 4.78 is 0. The number of carbonyl (C=O) groups is 1. The van der Waals surface area contributed by atoms with Gasteiger partial charge in [-0.3, -0.25) is 9.78 Å². The molecule has 3 rings (SSSR count). The van der Waals surface area contributed by atoms with Crippen molar-refractivity contribution in [2.24, 2.45) is 0 Å². The number of hydrogen-bond acceptors (Lipinski definition) is 3. The molecule has 2 heterocycles. The number of nitrogens with one attached hydrogen (secondary N) is 1. The summed E-state index contributed by atoms with van der Waals surface area (Å²) in [6.45, 7) is 2.94. The van der Waals surface area contributed by atoms with E-state index in [0.29, 0.717) is 0 Å². The molecule has 0 radical (unpaired) electrons. The molecule has 3 heteroatoms. The minimum Gasteiger partial charge on any atom is -0.305 e. The zero-order valence-electron chi connectivity index (χ0n) is 11.1. The molecule has 3 nitrogen and oxygen atoms in total. The molecule has 1 unspecified atom stereocenters. The van der Waals surface area contributed by atoms with Gasteiger partial charge in [0.1, 0.15) is 0 Å². The van der Waals surface area contributed by atoms with Gasteiger partial charge in [-0.25, -0.2) is 0 Å². The van der Waals surface area contributed by atoms with Gasteiger partial charge in [-0.15, -0.1) is 0 Å². The number of benzene rings is 1. The van der Waals surface area contributed by atoms with Gasteiger partial charge in [0.25, 0.3) is 0 Å². The van der Waals surface area contributed by atoms with Crippen LogP contribution in [0, 0.1) is 0 Å². The Morgan fingerprint density at radius 2 is 2.21 bits per heavy atom. The van der Waals surface area contributed by atoms with E-state index in [1.54, 1.807) is 12.4 Å². The maximum Gasteiger partial charge on any atom is 0.183 e. The van der Waals surface area contributed by atoms with Crippen LogP contribution in [-0.2, 0) is 0 Å². The van der Waals surface area contributed by atoms with Crippen LogP contribution in [0.5, 0.6) is 0 Å². The number of aromatic nitrogens is 1. The summed E-state index contributed by atoms with van der Waals surface area (Å²) in [6.07, 6.45) is 6.71. The van der Waals surface area contributed by atoms with E-state index in [4.69, 9.17) is 0 Å². The number of rotatable bonds is 2. The van der Waals surface area contributed by atoms with Crippen LogP contribution in [0.2, 0.25) is 0 Å². The zero-order valence-corrected chi connectivity index (χ0v) is 11.1. The van der Waals surface area contributed by atoms with Crippen molar-refractivity contribution in [3.05, 3.63) is 42.2 Å². The summed E-state index contributed by atoms with van der Waals surface area (Å²) in [5.41, 5.74) is 0.352. The van der Waals surface area contributed by atoms with E-state index in [0.717, 1.165) is 42.1 Å². The van der Waals surface area contributed by atoms with E-state index >= 15 is 0 Å². The van der Waals surface area contributed by atoms with Gasteiger partial charge in [-0.1, -0.05) is 18.2 Å². The maximum absolute atomic E-state index is 12.8. The van der Waals surface area contributed by atoms with Crippen LogP contribution in [0.1, 0.15) is 36.5 Å². The molecule has 1 fully saturated rings. The molecule has 0 bridgehead atoms. The number of piperidine rings is 1. The molecule has 0 amide bonds. The van der Waals surface area contributed by atoms with Crippen molar-refractivity contribution in [3.63, 3.8) is 0 Å². The number of nitrogens with zero attached hydrogens (tertiary/aromatic N) is 1. The maximum atomic E-state index is 12.8. The van der Waals surface area contributed by atoms with Crippen molar-refractivity contribution in [3.8, 4) is 0 Å². The highest BCUT2D eigenvalue weighted by atomic mass is 16.1. The lowest BCUT2D eigenvalue weighted by Gasteiger charge is -2.33. The molecule has 1 aliphatic heterocycles. The number of carbonyl (C=O) groups excluding carboxylic acids is 1. The Hall–Kier alpha value is -1.74. The van der Waals surface area contributed by atoms with E-state index < -0.39 is 5.54 Å². The normalized spacial score (nSPS) is 23.4. The molecule has 19 heavy (non-hydrogen) atoms. The fourth-order valence-corrected chi connectivity index (χ4v) is 2.86. The van der Waals surface area contributed by atoms with Crippen LogP contribution in [0.3, 0.4) is 0 Å². The van der Waals surface area contributed by atoms with Crippen molar-refractivity contribution in [1.82, 2.24) is 10.3 Å². The molecule has 1 aromatic carbocycles. The Morgan fingerprint density at radius 1 is 1.32 bits per heavy atom. The Morgan fingerprint density at radius 3 is 3.00 bits per heavy atom. The Balaban J connectivity index is 2.06. The second-order valence-electron chi connectivity index (χ2n) is 5.45. The lowest BCUT2D eigenvalue weighted by molar-refractivity contribution is 0.0836. The highest BCUT2D eigenvalue weighted by molar-refractivity contribution is 6.12. The second kappa shape index (κ2) is 4.74. The van der Waals surface area contributed by atoms with Crippen LogP contribution in [-0.4, -0.2) is 22.9 Å². The van der Waals surface area contributed by atoms with Crippen LogP contribution >= 0.6 is 0 Å². The first-order chi connectivity index (χ1) is 9.21. The predicted octanol–water partition coefficient (Wildman–Crippen LogP) is 2.95. The fraction of sp³-hybridized carbons (Fsp3) is 0.375. The van der Waals surface area contributed by atoms with Gasteiger partial charge < -0.3 is 5.32 Å². The van der Waals surface area contributed by atoms with Crippen molar-refractivity contribution in [2.75, 3.05) is 6.54 Å².